The molecule has 0 fully saturated rings. The summed E-state index contributed by atoms with van der Waals surface area (Å²) in [6, 6.07) is 3.32. The van der Waals surface area contributed by atoms with Crippen LogP contribution in [0.25, 0.3) is 28.3 Å². The fourth-order valence-corrected chi connectivity index (χ4v) is 5.10. The summed E-state index contributed by atoms with van der Waals surface area (Å²) in [6.45, 7) is 7.37. The van der Waals surface area contributed by atoms with Gasteiger partial charge in [-0.1, -0.05) is 13.5 Å². The van der Waals surface area contributed by atoms with Crippen molar-refractivity contribution in [2.75, 3.05) is 26.1 Å². The van der Waals surface area contributed by atoms with Crippen LogP contribution in [-0.4, -0.2) is 64.3 Å². The Labute approximate surface area is 230 Å². The number of hydrogen-bond acceptors (Lipinski definition) is 10. The second kappa shape index (κ2) is 11.9. The molecule has 13 nitrogen and oxygen atoms in total. The second-order valence-corrected chi connectivity index (χ2v) is 10.8. The van der Waals surface area contributed by atoms with Crippen molar-refractivity contribution in [3.63, 3.8) is 0 Å². The van der Waals surface area contributed by atoms with E-state index in [1.54, 1.807) is 12.1 Å². The molecule has 0 saturated carbocycles. The third-order valence-corrected chi connectivity index (χ3v) is 7.85. The van der Waals surface area contributed by atoms with Crippen molar-refractivity contribution in [3.05, 3.63) is 60.5 Å². The number of anilines is 1. The van der Waals surface area contributed by atoms with Gasteiger partial charge in [0.1, 0.15) is 35.0 Å². The number of nitrogens with zero attached hydrogens (tertiary/aromatic N) is 6. The van der Waals surface area contributed by atoms with Gasteiger partial charge in [0.2, 0.25) is 21.8 Å². The summed E-state index contributed by atoms with van der Waals surface area (Å²) in [4.78, 5) is 8.36. The van der Waals surface area contributed by atoms with Crippen LogP contribution in [0.4, 0.5) is 10.3 Å². The number of rotatable bonds is 13. The van der Waals surface area contributed by atoms with E-state index in [2.05, 4.69) is 31.5 Å². The third-order valence-electron chi connectivity index (χ3n) is 6.15. The van der Waals surface area contributed by atoms with E-state index in [9.17, 15) is 12.8 Å². The van der Waals surface area contributed by atoms with Crippen molar-refractivity contribution < 1.29 is 31.4 Å². The van der Waals surface area contributed by atoms with E-state index in [-0.39, 0.29) is 41.7 Å². The molecule has 4 rings (SSSR count). The minimum absolute atomic E-state index is 0.0684. The number of halogens is 1. The molecule has 40 heavy (non-hydrogen) atoms. The Morgan fingerprint density at radius 1 is 1.23 bits per heavy atom. The van der Waals surface area contributed by atoms with Crippen LogP contribution in [0.2, 0.25) is 0 Å². The molecule has 0 bridgehead atoms. The Hall–Kier alpha value is -4.24. The van der Waals surface area contributed by atoms with Crippen LogP contribution < -0.4 is 4.72 Å². The highest BCUT2D eigenvalue weighted by Gasteiger charge is 2.30. The summed E-state index contributed by atoms with van der Waals surface area (Å²) in [5, 5.41) is 7.24. The fraction of sp³-hybridized carbons (Fsp3) is 0.360. The molecule has 0 saturated heterocycles. The van der Waals surface area contributed by atoms with Gasteiger partial charge in [0.15, 0.2) is 11.6 Å². The fourth-order valence-electron chi connectivity index (χ4n) is 4.13. The number of aromatic nitrogens is 6. The number of nitrogens with one attached hydrogen (secondary N) is 1. The topological polar surface area (TPSA) is 148 Å². The van der Waals surface area contributed by atoms with Crippen LogP contribution in [0.5, 0.6) is 0 Å². The third kappa shape index (κ3) is 5.42. The highest BCUT2D eigenvalue weighted by Crippen LogP contribution is 2.32. The van der Waals surface area contributed by atoms with Crippen LogP contribution in [0.1, 0.15) is 26.0 Å². The maximum atomic E-state index is 14.5. The molecule has 0 aliphatic rings. The van der Waals surface area contributed by atoms with E-state index in [1.165, 1.54) is 50.0 Å². The lowest BCUT2D eigenvalue weighted by Gasteiger charge is -2.20. The lowest BCUT2D eigenvalue weighted by Crippen LogP contribution is -2.29. The van der Waals surface area contributed by atoms with Crippen LogP contribution in [-0.2, 0) is 37.4 Å². The van der Waals surface area contributed by atoms with Gasteiger partial charge in [-0.15, -0.1) is 10.2 Å². The van der Waals surface area contributed by atoms with E-state index in [1.807, 2.05) is 6.92 Å². The molecular formula is C25H30FN7O6S. The second-order valence-electron chi connectivity index (χ2n) is 8.66. The number of allylic oxidation sites excluding steroid dienone is 2. The molecule has 4 aromatic rings. The highest BCUT2D eigenvalue weighted by molar-refractivity contribution is 7.93. The van der Waals surface area contributed by atoms with Crippen molar-refractivity contribution >= 4 is 32.7 Å². The average Bonchev–Trinajstić information content (AvgIpc) is 3.69. The predicted molar refractivity (Wildman–Crippen MR) is 145 cm³/mol. The van der Waals surface area contributed by atoms with E-state index in [0.717, 1.165) is 6.20 Å². The van der Waals surface area contributed by atoms with Crippen LogP contribution in [0.3, 0.4) is 0 Å². The summed E-state index contributed by atoms with van der Waals surface area (Å²) in [6.07, 6.45) is 4.26. The molecule has 0 radical (unpaired) electrons. The van der Waals surface area contributed by atoms with Crippen LogP contribution >= 0.6 is 0 Å². The minimum atomic E-state index is -4.11. The molecule has 0 aromatic carbocycles. The van der Waals surface area contributed by atoms with Gasteiger partial charge in [0, 0.05) is 20.0 Å². The van der Waals surface area contributed by atoms with Crippen LogP contribution in [0.15, 0.2) is 53.4 Å². The first-order chi connectivity index (χ1) is 19.2. The first kappa shape index (κ1) is 28.8. The van der Waals surface area contributed by atoms with Gasteiger partial charge in [0.05, 0.1) is 44.0 Å². The normalized spacial score (nSPS) is 13.2. The lowest BCUT2D eigenvalue weighted by atomic mass is 10.2. The highest BCUT2D eigenvalue weighted by atomic mass is 32.2. The SMILES string of the molecule is C=C(OC)/C(=C(\CC)OC)n1c(NS(=O)(=O)[C@@H](C)Cc2ncc(F)c3c2ncn3COC)nnc1-c1ccco1. The monoisotopic (exact) mass is 575 g/mol. The van der Waals surface area contributed by atoms with Gasteiger partial charge >= 0.3 is 0 Å². The van der Waals surface area contributed by atoms with Crippen molar-refractivity contribution in [1.29, 1.82) is 0 Å². The summed E-state index contributed by atoms with van der Waals surface area (Å²) in [5.41, 5.74) is 1.03. The molecule has 15 heteroatoms. The molecule has 0 spiro atoms. The van der Waals surface area contributed by atoms with E-state index < -0.39 is 21.1 Å². The number of sulfonamides is 1. The molecule has 1 atom stereocenters. The molecule has 4 heterocycles. The zero-order valence-corrected chi connectivity index (χ0v) is 23.5. The van der Waals surface area contributed by atoms with Crippen molar-refractivity contribution in [2.24, 2.45) is 0 Å². The van der Waals surface area contributed by atoms with Gasteiger partial charge in [0.25, 0.3) is 0 Å². The Morgan fingerprint density at radius 3 is 2.62 bits per heavy atom. The zero-order valence-electron chi connectivity index (χ0n) is 22.7. The molecule has 0 aliphatic heterocycles. The Bertz CT molecular complexity index is 1640. The first-order valence-corrected chi connectivity index (χ1v) is 13.7. The number of imidazole rings is 1. The minimum Gasteiger partial charge on any atom is -0.499 e. The number of ether oxygens (including phenoxy) is 3. The number of pyridine rings is 1. The summed E-state index contributed by atoms with van der Waals surface area (Å²) in [7, 11) is 0.276. The number of fused-ring (bicyclic) bond motifs is 1. The first-order valence-electron chi connectivity index (χ1n) is 12.2. The Kier molecular flexibility index (Phi) is 8.54. The number of methoxy groups -OCH3 is 3. The molecule has 214 valence electrons. The van der Waals surface area contributed by atoms with Gasteiger partial charge in [-0.25, -0.2) is 17.8 Å². The molecule has 0 aliphatic carbocycles. The average molecular weight is 576 g/mol. The van der Waals surface area contributed by atoms with Crippen LogP contribution in [0, 0.1) is 5.82 Å². The molecule has 0 amide bonds. The zero-order chi connectivity index (χ0) is 29.0. The smallest absolute Gasteiger partial charge is 0.243 e. The summed E-state index contributed by atoms with van der Waals surface area (Å²) < 4.78 is 68.7. The maximum Gasteiger partial charge on any atom is 0.243 e. The standard InChI is InChI=1S/C25H30FN7O6S/c1-7-19(38-6)22(16(3)37-5)33-24(20-9-8-10-39-20)29-30-25(33)31-40(34,35)15(2)11-18-21-23(17(26)12-27-18)32(13-28-21)14-36-4/h8-10,12-13,15H,3,7,11,14H2,1-2,4-6H3,(H,30,31)/b22-19-/t15-/m0/s1. The summed E-state index contributed by atoms with van der Waals surface area (Å²) >= 11 is 0. The Balaban J connectivity index is 1.74. The largest absolute Gasteiger partial charge is 0.499 e. The quantitative estimate of drug-likeness (QED) is 0.184. The number of hydrogen-bond donors (Lipinski definition) is 1. The predicted octanol–water partition coefficient (Wildman–Crippen LogP) is 3.78. The van der Waals surface area contributed by atoms with Gasteiger partial charge in [-0.05, 0) is 19.1 Å². The molecule has 0 unspecified atom stereocenters. The number of furan rings is 1. The van der Waals surface area contributed by atoms with Gasteiger partial charge in [-0.3, -0.25) is 14.3 Å². The molecule has 1 N–H and O–H groups in total. The van der Waals surface area contributed by atoms with Gasteiger partial charge < -0.3 is 23.2 Å². The van der Waals surface area contributed by atoms with Crippen molar-refractivity contribution in [1.82, 2.24) is 29.3 Å². The molecule has 4 aromatic heterocycles. The van der Waals surface area contributed by atoms with E-state index in [0.29, 0.717) is 29.3 Å². The van der Waals surface area contributed by atoms with Gasteiger partial charge in [-0.2, -0.15) is 0 Å². The van der Waals surface area contributed by atoms with E-state index in [4.69, 9.17) is 18.6 Å². The lowest BCUT2D eigenvalue weighted by molar-refractivity contribution is 0.134. The summed E-state index contributed by atoms with van der Waals surface area (Å²) in [5.74, 6) is 0.404. The van der Waals surface area contributed by atoms with Crippen molar-refractivity contribution in [3.8, 4) is 11.6 Å². The Morgan fingerprint density at radius 2 is 2.00 bits per heavy atom. The molecular weight excluding hydrogens is 545 g/mol. The maximum absolute atomic E-state index is 14.5. The van der Waals surface area contributed by atoms with Crippen molar-refractivity contribution in [2.45, 2.75) is 38.7 Å². The van der Waals surface area contributed by atoms with E-state index >= 15 is 0 Å².